The Morgan fingerprint density at radius 2 is 2.23 bits per heavy atom. The van der Waals surface area contributed by atoms with Crippen molar-refractivity contribution >= 4 is 28.2 Å². The summed E-state index contributed by atoms with van der Waals surface area (Å²) in [7, 11) is 0. The van der Waals surface area contributed by atoms with E-state index in [1.807, 2.05) is 0 Å². The lowest BCUT2D eigenvalue weighted by Crippen LogP contribution is -1.66. The number of hydrogen-bond acceptors (Lipinski definition) is 3. The summed E-state index contributed by atoms with van der Waals surface area (Å²) >= 11 is 5.76. The lowest BCUT2D eigenvalue weighted by molar-refractivity contribution is 0.459. The molecule has 2 rings (SSSR count). The van der Waals surface area contributed by atoms with Crippen LogP contribution in [0.1, 0.15) is 0 Å². The quantitative estimate of drug-likeness (QED) is 0.601. The topological polar surface area (TPSA) is 72.2 Å². The summed E-state index contributed by atoms with van der Waals surface area (Å²) < 4.78 is 0. The third-order valence-electron chi connectivity index (χ3n) is 1.83. The SMILES string of the molecule is N=Nc1c(O)[nH]c2ccc(Cl)cc12. The molecule has 0 radical (unpaired) electrons. The van der Waals surface area contributed by atoms with Gasteiger partial charge in [0.1, 0.15) is 0 Å². The number of halogens is 1. The first kappa shape index (κ1) is 8.07. The van der Waals surface area contributed by atoms with Crippen molar-refractivity contribution in [1.29, 1.82) is 5.53 Å². The summed E-state index contributed by atoms with van der Waals surface area (Å²) in [5.41, 5.74) is 7.79. The van der Waals surface area contributed by atoms with Crippen LogP contribution in [0.25, 0.3) is 10.9 Å². The molecule has 0 saturated carbocycles. The highest BCUT2D eigenvalue weighted by atomic mass is 35.5. The Kier molecular flexibility index (Phi) is 1.70. The van der Waals surface area contributed by atoms with Gasteiger partial charge < -0.3 is 10.1 Å². The number of H-pyrrole nitrogens is 1. The van der Waals surface area contributed by atoms with Crippen LogP contribution in [0.15, 0.2) is 23.3 Å². The van der Waals surface area contributed by atoms with Crippen molar-refractivity contribution in [3.63, 3.8) is 0 Å². The fourth-order valence-electron chi connectivity index (χ4n) is 1.25. The van der Waals surface area contributed by atoms with Gasteiger partial charge in [0.2, 0.25) is 5.88 Å². The summed E-state index contributed by atoms with van der Waals surface area (Å²) in [5, 5.41) is 13.7. The number of benzene rings is 1. The van der Waals surface area contributed by atoms with Gasteiger partial charge in [-0.3, -0.25) is 0 Å². The molecule has 1 aromatic heterocycles. The van der Waals surface area contributed by atoms with Gasteiger partial charge in [0.15, 0.2) is 5.69 Å². The molecule has 3 N–H and O–H groups in total. The number of nitrogens with zero attached hydrogens (tertiary/aromatic N) is 1. The smallest absolute Gasteiger partial charge is 0.218 e. The standard InChI is InChI=1S/C8H6ClN3O/c9-4-1-2-6-5(3-4)7(12-10)8(13)11-6/h1-3,10-11,13H. The Bertz CT molecular complexity index is 477. The summed E-state index contributed by atoms with van der Waals surface area (Å²) in [6, 6.07) is 5.08. The lowest BCUT2D eigenvalue weighted by atomic mass is 10.2. The van der Waals surface area contributed by atoms with Crippen molar-refractivity contribution in [2.75, 3.05) is 0 Å². The third kappa shape index (κ3) is 1.15. The molecule has 5 heteroatoms. The maximum absolute atomic E-state index is 9.31. The van der Waals surface area contributed by atoms with Gasteiger partial charge in [0, 0.05) is 10.4 Å². The molecule has 4 nitrogen and oxygen atoms in total. The fourth-order valence-corrected chi connectivity index (χ4v) is 1.42. The zero-order valence-electron chi connectivity index (χ0n) is 6.50. The zero-order chi connectivity index (χ0) is 9.42. The third-order valence-corrected chi connectivity index (χ3v) is 2.06. The highest BCUT2D eigenvalue weighted by molar-refractivity contribution is 6.31. The highest BCUT2D eigenvalue weighted by Gasteiger charge is 2.09. The van der Waals surface area contributed by atoms with E-state index < -0.39 is 0 Å². The second-order valence-electron chi connectivity index (χ2n) is 2.62. The van der Waals surface area contributed by atoms with Crippen LogP contribution in [0, 0.1) is 5.53 Å². The lowest BCUT2D eigenvalue weighted by Gasteiger charge is -1.90. The Balaban J connectivity index is 2.88. The van der Waals surface area contributed by atoms with Crippen LogP contribution in [0.2, 0.25) is 5.02 Å². The number of rotatable bonds is 1. The van der Waals surface area contributed by atoms with E-state index in [-0.39, 0.29) is 11.6 Å². The molecule has 0 saturated heterocycles. The predicted octanol–water partition coefficient (Wildman–Crippen LogP) is 3.19. The first-order valence-corrected chi connectivity index (χ1v) is 3.98. The fraction of sp³-hybridized carbons (Fsp3) is 0. The number of fused-ring (bicyclic) bond motifs is 1. The van der Waals surface area contributed by atoms with Gasteiger partial charge in [0.25, 0.3) is 0 Å². The van der Waals surface area contributed by atoms with Gasteiger partial charge in [-0.15, -0.1) is 0 Å². The summed E-state index contributed by atoms with van der Waals surface area (Å²) in [6.45, 7) is 0. The molecule has 0 spiro atoms. The Hall–Kier alpha value is -1.55. The van der Waals surface area contributed by atoms with E-state index in [0.29, 0.717) is 15.9 Å². The predicted molar refractivity (Wildman–Crippen MR) is 49.8 cm³/mol. The molecule has 0 amide bonds. The minimum atomic E-state index is -0.104. The summed E-state index contributed by atoms with van der Waals surface area (Å²) in [4.78, 5) is 2.69. The normalized spacial score (nSPS) is 10.5. The van der Waals surface area contributed by atoms with Crippen molar-refractivity contribution in [3.05, 3.63) is 23.2 Å². The van der Waals surface area contributed by atoms with Crippen LogP contribution in [0.3, 0.4) is 0 Å². The van der Waals surface area contributed by atoms with Crippen LogP contribution in [-0.2, 0) is 0 Å². The van der Waals surface area contributed by atoms with E-state index in [1.54, 1.807) is 18.2 Å². The van der Waals surface area contributed by atoms with Crippen molar-refractivity contribution in [1.82, 2.24) is 4.98 Å². The van der Waals surface area contributed by atoms with E-state index in [0.717, 1.165) is 0 Å². The minimum absolute atomic E-state index is 0.104. The van der Waals surface area contributed by atoms with Gasteiger partial charge in [-0.2, -0.15) is 5.11 Å². The molecule has 0 bridgehead atoms. The molecular weight excluding hydrogens is 190 g/mol. The molecular formula is C8H6ClN3O. The van der Waals surface area contributed by atoms with Gasteiger partial charge in [-0.25, -0.2) is 5.53 Å². The average Bonchev–Trinajstić information content (AvgIpc) is 2.40. The second-order valence-corrected chi connectivity index (χ2v) is 3.06. The number of aromatic nitrogens is 1. The average molecular weight is 196 g/mol. The largest absolute Gasteiger partial charge is 0.493 e. The number of aromatic amines is 1. The second kappa shape index (κ2) is 2.74. The number of hydrogen-bond donors (Lipinski definition) is 3. The molecule has 1 aromatic carbocycles. The molecule has 0 aliphatic heterocycles. The Morgan fingerprint density at radius 1 is 1.46 bits per heavy atom. The molecule has 0 atom stereocenters. The molecule has 1 heterocycles. The van der Waals surface area contributed by atoms with E-state index >= 15 is 0 Å². The Labute approximate surface area is 78.7 Å². The van der Waals surface area contributed by atoms with Crippen molar-refractivity contribution in [2.45, 2.75) is 0 Å². The summed E-state index contributed by atoms with van der Waals surface area (Å²) in [6.07, 6.45) is 0. The van der Waals surface area contributed by atoms with Crippen LogP contribution in [0.4, 0.5) is 5.69 Å². The molecule has 13 heavy (non-hydrogen) atoms. The van der Waals surface area contributed by atoms with Gasteiger partial charge in [-0.1, -0.05) is 11.6 Å². The van der Waals surface area contributed by atoms with Crippen molar-refractivity contribution in [2.24, 2.45) is 5.11 Å². The van der Waals surface area contributed by atoms with E-state index in [4.69, 9.17) is 17.1 Å². The van der Waals surface area contributed by atoms with Crippen molar-refractivity contribution < 1.29 is 5.11 Å². The first-order valence-electron chi connectivity index (χ1n) is 3.60. The van der Waals surface area contributed by atoms with Crippen LogP contribution in [-0.4, -0.2) is 10.1 Å². The molecule has 0 fully saturated rings. The highest BCUT2D eigenvalue weighted by Crippen LogP contribution is 2.35. The monoisotopic (exact) mass is 195 g/mol. The molecule has 0 aliphatic rings. The molecule has 0 unspecified atom stereocenters. The van der Waals surface area contributed by atoms with E-state index in [2.05, 4.69) is 10.1 Å². The van der Waals surface area contributed by atoms with Crippen LogP contribution in [0.5, 0.6) is 5.88 Å². The zero-order valence-corrected chi connectivity index (χ0v) is 7.26. The van der Waals surface area contributed by atoms with Crippen LogP contribution < -0.4 is 0 Å². The maximum Gasteiger partial charge on any atom is 0.218 e. The van der Waals surface area contributed by atoms with E-state index in [1.165, 1.54) is 0 Å². The van der Waals surface area contributed by atoms with Gasteiger partial charge in [-0.05, 0) is 18.2 Å². The molecule has 66 valence electrons. The summed E-state index contributed by atoms with van der Waals surface area (Å²) in [5.74, 6) is -0.104. The maximum atomic E-state index is 9.31. The van der Waals surface area contributed by atoms with Crippen LogP contribution >= 0.6 is 11.6 Å². The molecule has 0 aliphatic carbocycles. The number of aromatic hydroxyl groups is 1. The van der Waals surface area contributed by atoms with E-state index in [9.17, 15) is 5.11 Å². The minimum Gasteiger partial charge on any atom is -0.493 e. The molecule has 2 aromatic rings. The van der Waals surface area contributed by atoms with Crippen molar-refractivity contribution in [3.8, 4) is 5.88 Å². The first-order chi connectivity index (χ1) is 6.22. The Morgan fingerprint density at radius 3 is 2.92 bits per heavy atom. The van der Waals surface area contributed by atoms with Gasteiger partial charge in [0.05, 0.1) is 5.52 Å². The number of nitrogens with one attached hydrogen (secondary N) is 2. The van der Waals surface area contributed by atoms with Gasteiger partial charge >= 0.3 is 0 Å².